The highest BCUT2D eigenvalue weighted by Crippen LogP contribution is 2.43. The monoisotopic (exact) mass is 1120 g/mol. The van der Waals surface area contributed by atoms with E-state index in [4.69, 9.17) is 4.98 Å². The molecule has 3 N–H and O–H groups in total. The van der Waals surface area contributed by atoms with Crippen LogP contribution in [0.25, 0.3) is 27.0 Å². The van der Waals surface area contributed by atoms with Crippen LogP contribution in [0, 0.1) is 18.3 Å². The lowest BCUT2D eigenvalue weighted by Gasteiger charge is -2.48. The quantitative estimate of drug-likeness (QED) is 0.0773. The maximum atomic E-state index is 14.9. The van der Waals surface area contributed by atoms with Gasteiger partial charge in [-0.15, -0.1) is 11.3 Å². The van der Waals surface area contributed by atoms with Gasteiger partial charge in [-0.2, -0.15) is 4.98 Å². The number of thiazole rings is 1. The standard InChI is InChI=1S/C60H76BrFN8O5S/c1-37-51(76-36-63-37)40-22-20-39(21-23-40)46(64-54(72)49-33-44(71)34-69(49)56(74)52(58(2,3)4)65-57(75)60(62)26-27-60)16-8-7-11-28-68-30-29-67(35-59(68,5)6)43-24-25-47-42(32-43)31-41(19-18-38-13-9-10-14-38)53-66-55(73)50-45(61)15-12-17-48(50)70(47)53/h12,15,17,20-25,32,36,38,41,44,46,49,52,71H,7-11,13-14,16,18-19,26-31,33-35H2,1-6H3,(H,64,72)(H,65,75)/t41?,44-,46+,49+,52-/m1/s1. The molecule has 3 amide bonds. The fourth-order valence-corrected chi connectivity index (χ4v) is 14.0. The third-order valence-corrected chi connectivity index (χ3v) is 18.9. The minimum atomic E-state index is -1.97. The largest absolute Gasteiger partial charge is 0.391 e. The molecule has 406 valence electrons. The van der Waals surface area contributed by atoms with E-state index in [0.717, 1.165) is 107 Å². The number of aliphatic hydroxyl groups excluding tert-OH is 1. The fraction of sp³-hybridized carbons (Fsp3) is 0.567. The van der Waals surface area contributed by atoms with Crippen LogP contribution in [0.3, 0.4) is 0 Å². The first-order valence-electron chi connectivity index (χ1n) is 27.9. The SMILES string of the molecule is Cc1ncsc1-c1ccc([C@H](CCCCCN2CCN(c3ccc4c(c3)CC(CCC3CCCC3)c3nc(=O)c5c(Br)cccc5n3-4)CC2(C)C)NC(=O)[C@@H]2C[C@@H](O)CN2C(=O)[C@@H](NC(=O)C2(F)CC2)C(C)(C)C)cc1. The summed E-state index contributed by atoms with van der Waals surface area (Å²) in [5.41, 5.74) is 6.38. The topological polar surface area (TPSA) is 153 Å². The summed E-state index contributed by atoms with van der Waals surface area (Å²) in [5.74, 6) is 0.162. The number of aliphatic hydroxyl groups is 1. The number of benzene rings is 3. The number of rotatable bonds is 17. The second kappa shape index (κ2) is 22.0. The number of nitrogens with one attached hydrogen (secondary N) is 2. The predicted molar refractivity (Wildman–Crippen MR) is 303 cm³/mol. The Morgan fingerprint density at radius 1 is 0.974 bits per heavy atom. The molecule has 10 rings (SSSR count). The van der Waals surface area contributed by atoms with E-state index in [1.165, 1.54) is 48.3 Å². The lowest BCUT2D eigenvalue weighted by Crippen LogP contribution is -2.59. The summed E-state index contributed by atoms with van der Waals surface area (Å²) in [7, 11) is 0. The zero-order valence-corrected chi connectivity index (χ0v) is 47.6. The number of halogens is 2. The molecule has 2 aliphatic carbocycles. The molecular weight excluding hydrogens is 1040 g/mol. The van der Waals surface area contributed by atoms with Gasteiger partial charge < -0.3 is 25.5 Å². The normalized spacial score (nSPS) is 22.0. The number of amides is 3. The summed E-state index contributed by atoms with van der Waals surface area (Å²) in [4.78, 5) is 72.0. The lowest BCUT2D eigenvalue weighted by atomic mass is 9.85. The first-order chi connectivity index (χ1) is 36.3. The van der Waals surface area contributed by atoms with Crippen LogP contribution >= 0.6 is 27.3 Å². The molecule has 3 aliphatic heterocycles. The number of β-amino-alcohol motifs (C(OH)–C–C–N with tert-alkyl or cyclic N) is 1. The first kappa shape index (κ1) is 54.3. The second-order valence-corrected chi connectivity index (χ2v) is 26.0. The molecule has 2 saturated heterocycles. The number of alkyl halides is 1. The number of aryl methyl sites for hydroxylation is 1. The van der Waals surface area contributed by atoms with Gasteiger partial charge >= 0.3 is 0 Å². The van der Waals surface area contributed by atoms with E-state index < -0.39 is 41.1 Å². The molecule has 1 unspecified atom stereocenters. The minimum absolute atomic E-state index is 0.0560. The van der Waals surface area contributed by atoms with E-state index in [1.807, 2.05) is 24.6 Å². The van der Waals surface area contributed by atoms with Crippen LogP contribution in [-0.4, -0.2) is 109 Å². The second-order valence-electron chi connectivity index (χ2n) is 24.3. The maximum absolute atomic E-state index is 14.9. The van der Waals surface area contributed by atoms with Gasteiger partial charge in [0.25, 0.3) is 11.5 Å². The number of hydrogen-bond acceptors (Lipinski definition) is 10. The van der Waals surface area contributed by atoms with Gasteiger partial charge in [-0.3, -0.25) is 28.6 Å². The molecule has 76 heavy (non-hydrogen) atoms. The summed E-state index contributed by atoms with van der Waals surface area (Å²) in [6.07, 6.45) is 11.2. The Balaban J connectivity index is 0.794. The van der Waals surface area contributed by atoms with Crippen molar-refractivity contribution >= 4 is 61.6 Å². The number of carbonyl (C=O) groups excluding carboxylic acids is 3. The number of carbonyl (C=O) groups is 3. The molecule has 0 bridgehead atoms. The Hall–Kier alpha value is -5.03. The lowest BCUT2D eigenvalue weighted by molar-refractivity contribution is -0.145. The Morgan fingerprint density at radius 3 is 2.43 bits per heavy atom. The molecule has 13 nitrogen and oxygen atoms in total. The maximum Gasteiger partial charge on any atom is 0.281 e. The van der Waals surface area contributed by atoms with E-state index in [9.17, 15) is 28.7 Å². The summed E-state index contributed by atoms with van der Waals surface area (Å²) < 4.78 is 17.9. The van der Waals surface area contributed by atoms with E-state index in [1.54, 1.807) is 32.1 Å². The molecular formula is C60H76BrFN8O5S. The molecule has 5 heterocycles. The van der Waals surface area contributed by atoms with Crippen molar-refractivity contribution in [3.63, 3.8) is 0 Å². The number of nitrogens with zero attached hydrogens (tertiary/aromatic N) is 6. The number of fused-ring (bicyclic) bond motifs is 5. The van der Waals surface area contributed by atoms with E-state index >= 15 is 0 Å². The van der Waals surface area contributed by atoms with Crippen molar-refractivity contribution in [1.29, 1.82) is 0 Å². The zero-order chi connectivity index (χ0) is 53.7. The Labute approximate surface area is 459 Å². The summed E-state index contributed by atoms with van der Waals surface area (Å²) in [6.45, 7) is 15.7. The number of anilines is 1. The van der Waals surface area contributed by atoms with Gasteiger partial charge in [-0.05, 0) is 147 Å². The minimum Gasteiger partial charge on any atom is -0.391 e. The molecule has 5 aliphatic rings. The Kier molecular flexibility index (Phi) is 15.7. The van der Waals surface area contributed by atoms with Crippen molar-refractivity contribution in [3.05, 3.63) is 104 Å². The average Bonchev–Trinajstić information content (AvgIpc) is 3.71. The first-order valence-corrected chi connectivity index (χ1v) is 29.6. The third-order valence-electron chi connectivity index (χ3n) is 17.3. The molecule has 2 saturated carbocycles. The average molecular weight is 1120 g/mol. The molecule has 3 aromatic carbocycles. The Morgan fingerprint density at radius 2 is 1.74 bits per heavy atom. The van der Waals surface area contributed by atoms with Gasteiger partial charge in [0.2, 0.25) is 11.8 Å². The van der Waals surface area contributed by atoms with Crippen LogP contribution in [0.4, 0.5) is 10.1 Å². The van der Waals surface area contributed by atoms with Gasteiger partial charge in [-0.25, -0.2) is 9.37 Å². The molecule has 0 spiro atoms. The van der Waals surface area contributed by atoms with Crippen LogP contribution in [0.1, 0.15) is 153 Å². The van der Waals surface area contributed by atoms with Crippen molar-refractivity contribution < 1.29 is 23.9 Å². The predicted octanol–water partition coefficient (Wildman–Crippen LogP) is 10.5. The number of hydrogen-bond donors (Lipinski definition) is 3. The zero-order valence-electron chi connectivity index (χ0n) is 45.2. The highest BCUT2D eigenvalue weighted by Gasteiger charge is 2.53. The van der Waals surface area contributed by atoms with Crippen molar-refractivity contribution in [1.82, 2.24) is 35.0 Å². The van der Waals surface area contributed by atoms with Crippen molar-refractivity contribution in [2.75, 3.05) is 37.6 Å². The molecule has 0 radical (unpaired) electrons. The molecule has 16 heteroatoms. The van der Waals surface area contributed by atoms with E-state index in [0.29, 0.717) is 11.8 Å². The van der Waals surface area contributed by atoms with Gasteiger partial charge in [0, 0.05) is 54.2 Å². The highest BCUT2D eigenvalue weighted by molar-refractivity contribution is 9.10. The van der Waals surface area contributed by atoms with Crippen LogP contribution in [0.5, 0.6) is 0 Å². The van der Waals surface area contributed by atoms with Gasteiger partial charge in [0.15, 0.2) is 5.67 Å². The smallest absolute Gasteiger partial charge is 0.281 e. The number of aromatic nitrogens is 3. The molecule has 4 fully saturated rings. The summed E-state index contributed by atoms with van der Waals surface area (Å²) in [6, 6.07) is 18.8. The van der Waals surface area contributed by atoms with Crippen LogP contribution < -0.4 is 21.1 Å². The van der Waals surface area contributed by atoms with Crippen LogP contribution in [0.2, 0.25) is 0 Å². The third kappa shape index (κ3) is 11.4. The van der Waals surface area contributed by atoms with E-state index in [2.05, 4.69) is 108 Å². The molecule has 5 aromatic rings. The van der Waals surface area contributed by atoms with Crippen LogP contribution in [0.15, 0.2) is 75.4 Å². The number of piperazine rings is 1. The number of unbranched alkanes of at least 4 members (excludes halogenated alkanes) is 2. The summed E-state index contributed by atoms with van der Waals surface area (Å²) >= 11 is 5.25. The van der Waals surface area contributed by atoms with Crippen molar-refractivity contribution in [2.45, 2.75) is 173 Å². The van der Waals surface area contributed by atoms with Gasteiger partial charge in [-0.1, -0.05) is 89.6 Å². The van der Waals surface area contributed by atoms with Crippen molar-refractivity contribution in [2.24, 2.45) is 11.3 Å². The van der Waals surface area contributed by atoms with Crippen LogP contribution in [-0.2, 0) is 20.8 Å². The Bertz CT molecular complexity index is 3020. The molecule has 5 atom stereocenters. The van der Waals surface area contributed by atoms with E-state index in [-0.39, 0.29) is 54.8 Å². The van der Waals surface area contributed by atoms with Crippen molar-refractivity contribution in [3.8, 4) is 16.1 Å². The highest BCUT2D eigenvalue weighted by atomic mass is 79.9. The molecule has 2 aromatic heterocycles. The van der Waals surface area contributed by atoms with Gasteiger partial charge in [0.1, 0.15) is 17.9 Å². The fourth-order valence-electron chi connectivity index (χ4n) is 12.7. The van der Waals surface area contributed by atoms with Gasteiger partial charge in [0.05, 0.1) is 44.8 Å². The summed E-state index contributed by atoms with van der Waals surface area (Å²) in [5, 5.41) is 17.5. The number of likely N-dealkylation sites (tertiary alicyclic amines) is 1.